The van der Waals surface area contributed by atoms with Crippen molar-refractivity contribution in [2.24, 2.45) is 0 Å². The van der Waals surface area contributed by atoms with Crippen molar-refractivity contribution in [2.75, 3.05) is 11.9 Å². The molecule has 2 atom stereocenters. The smallest absolute Gasteiger partial charge is 0.226 e. The maximum Gasteiger partial charge on any atom is 0.226 e. The van der Waals surface area contributed by atoms with Gasteiger partial charge in [-0.15, -0.1) is 22.7 Å². The zero-order valence-corrected chi connectivity index (χ0v) is 18.7. The number of carbonyl (C=O) groups excluding carboxylic acids is 1. The molecule has 1 aliphatic heterocycles. The van der Waals surface area contributed by atoms with E-state index in [-0.39, 0.29) is 5.91 Å². The summed E-state index contributed by atoms with van der Waals surface area (Å²) in [5.41, 5.74) is 3.33. The van der Waals surface area contributed by atoms with Crippen molar-refractivity contribution < 1.29 is 4.79 Å². The van der Waals surface area contributed by atoms with Crippen molar-refractivity contribution >= 4 is 43.8 Å². The molecule has 0 spiro atoms. The normalized spacial score (nSPS) is 17.3. The third kappa shape index (κ3) is 4.50. The molecule has 0 fully saturated rings. The standard InChI is InChI=1S/C21H27N5OS2/c1-4-12(2)23-8-6-18(27)26-21-19(14-9-13(3)24-11-17(14)29-21)20-25-15-10-22-7-5-16(15)28-20/h5,7,10,12-13,23-24H,4,6,8-9,11H2,1-3H3,(H,26,27)/t12-,13+/m0/s1. The number of rotatable bonds is 7. The number of pyridine rings is 1. The number of thiazole rings is 1. The summed E-state index contributed by atoms with van der Waals surface area (Å²) in [6.07, 6.45) is 6.07. The number of amides is 1. The molecule has 29 heavy (non-hydrogen) atoms. The third-order valence-corrected chi connectivity index (χ3v) is 7.53. The van der Waals surface area contributed by atoms with Gasteiger partial charge in [0.25, 0.3) is 0 Å². The van der Waals surface area contributed by atoms with Crippen molar-refractivity contribution in [3.63, 3.8) is 0 Å². The van der Waals surface area contributed by atoms with Crippen LogP contribution in [0.3, 0.4) is 0 Å². The maximum absolute atomic E-state index is 12.6. The van der Waals surface area contributed by atoms with E-state index in [9.17, 15) is 4.79 Å². The van der Waals surface area contributed by atoms with Gasteiger partial charge in [-0.3, -0.25) is 9.78 Å². The fraction of sp³-hybridized carbons (Fsp3) is 0.476. The van der Waals surface area contributed by atoms with E-state index in [4.69, 9.17) is 4.98 Å². The Morgan fingerprint density at radius 1 is 1.41 bits per heavy atom. The average Bonchev–Trinajstić information content (AvgIpc) is 3.27. The van der Waals surface area contributed by atoms with Crippen molar-refractivity contribution in [2.45, 2.75) is 58.7 Å². The summed E-state index contributed by atoms with van der Waals surface area (Å²) < 4.78 is 1.12. The van der Waals surface area contributed by atoms with Gasteiger partial charge >= 0.3 is 0 Å². The third-order valence-electron chi connectivity index (χ3n) is 5.33. The minimum Gasteiger partial charge on any atom is -0.317 e. The number of aromatic nitrogens is 2. The first-order valence-electron chi connectivity index (χ1n) is 10.2. The van der Waals surface area contributed by atoms with E-state index in [1.165, 1.54) is 10.4 Å². The Kier molecular flexibility index (Phi) is 6.24. The van der Waals surface area contributed by atoms with E-state index < -0.39 is 0 Å². The highest BCUT2D eigenvalue weighted by Gasteiger charge is 2.27. The fourth-order valence-electron chi connectivity index (χ4n) is 3.48. The Morgan fingerprint density at radius 2 is 2.28 bits per heavy atom. The highest BCUT2D eigenvalue weighted by molar-refractivity contribution is 7.22. The van der Waals surface area contributed by atoms with Crippen molar-refractivity contribution in [3.8, 4) is 10.6 Å². The topological polar surface area (TPSA) is 78.9 Å². The molecule has 0 saturated carbocycles. The van der Waals surface area contributed by atoms with Crippen LogP contribution in [0.5, 0.6) is 0 Å². The molecule has 3 aromatic rings. The van der Waals surface area contributed by atoms with Crippen LogP contribution < -0.4 is 16.0 Å². The number of thiophene rings is 1. The Bertz CT molecular complexity index is 979. The molecular formula is C21H27N5OS2. The van der Waals surface area contributed by atoms with Crippen LogP contribution in [-0.2, 0) is 17.8 Å². The quantitative estimate of drug-likeness (QED) is 0.525. The van der Waals surface area contributed by atoms with E-state index >= 15 is 0 Å². The van der Waals surface area contributed by atoms with Crippen molar-refractivity contribution in [1.82, 2.24) is 20.6 Å². The van der Waals surface area contributed by atoms with Crippen LogP contribution >= 0.6 is 22.7 Å². The molecule has 0 radical (unpaired) electrons. The number of hydrogen-bond donors (Lipinski definition) is 3. The number of carbonyl (C=O) groups is 1. The van der Waals surface area contributed by atoms with Crippen LogP contribution in [0.4, 0.5) is 5.00 Å². The van der Waals surface area contributed by atoms with E-state index in [0.29, 0.717) is 25.0 Å². The van der Waals surface area contributed by atoms with Gasteiger partial charge in [-0.05, 0) is 38.3 Å². The first-order chi connectivity index (χ1) is 14.0. The first kappa shape index (κ1) is 20.4. The molecular weight excluding hydrogens is 402 g/mol. The molecule has 1 aliphatic rings. The Labute approximate surface area is 179 Å². The van der Waals surface area contributed by atoms with Crippen LogP contribution in [0.15, 0.2) is 18.5 Å². The first-order valence-corrected chi connectivity index (χ1v) is 11.8. The number of anilines is 1. The lowest BCUT2D eigenvalue weighted by molar-refractivity contribution is -0.116. The molecule has 8 heteroatoms. The highest BCUT2D eigenvalue weighted by atomic mass is 32.1. The van der Waals surface area contributed by atoms with Crippen LogP contribution in [0, 0.1) is 0 Å². The molecule has 3 aromatic heterocycles. The van der Waals surface area contributed by atoms with Gasteiger partial charge in [0, 0.05) is 48.2 Å². The number of hydrogen-bond acceptors (Lipinski definition) is 7. The minimum atomic E-state index is 0.0458. The van der Waals surface area contributed by atoms with Gasteiger partial charge in [0.05, 0.1) is 10.9 Å². The number of fused-ring (bicyclic) bond motifs is 2. The number of nitrogens with one attached hydrogen (secondary N) is 3. The molecule has 0 unspecified atom stereocenters. The van der Waals surface area contributed by atoms with Gasteiger partial charge in [0.1, 0.15) is 15.5 Å². The van der Waals surface area contributed by atoms with Crippen LogP contribution in [0.2, 0.25) is 0 Å². The van der Waals surface area contributed by atoms with Gasteiger partial charge in [0.2, 0.25) is 5.91 Å². The molecule has 154 valence electrons. The number of nitrogens with zero attached hydrogens (tertiary/aromatic N) is 2. The van der Waals surface area contributed by atoms with E-state index in [1.807, 2.05) is 6.07 Å². The van der Waals surface area contributed by atoms with Crippen LogP contribution in [0.1, 0.15) is 44.1 Å². The van der Waals surface area contributed by atoms with E-state index in [2.05, 4.69) is 41.7 Å². The summed E-state index contributed by atoms with van der Waals surface area (Å²) >= 11 is 3.34. The summed E-state index contributed by atoms with van der Waals surface area (Å²) in [4.78, 5) is 22.9. The van der Waals surface area contributed by atoms with Gasteiger partial charge < -0.3 is 16.0 Å². The largest absolute Gasteiger partial charge is 0.317 e. The lowest BCUT2D eigenvalue weighted by atomic mass is 9.99. The molecule has 0 bridgehead atoms. The average molecular weight is 430 g/mol. The predicted molar refractivity (Wildman–Crippen MR) is 122 cm³/mol. The zero-order valence-electron chi connectivity index (χ0n) is 17.0. The molecule has 4 rings (SSSR count). The molecule has 0 saturated heterocycles. The van der Waals surface area contributed by atoms with Gasteiger partial charge in [-0.1, -0.05) is 6.92 Å². The molecule has 0 aliphatic carbocycles. The lowest BCUT2D eigenvalue weighted by Crippen LogP contribution is -2.32. The summed E-state index contributed by atoms with van der Waals surface area (Å²) in [5, 5.41) is 12.0. The van der Waals surface area contributed by atoms with Crippen molar-refractivity contribution in [3.05, 3.63) is 28.9 Å². The van der Waals surface area contributed by atoms with E-state index in [1.54, 1.807) is 35.1 Å². The summed E-state index contributed by atoms with van der Waals surface area (Å²) in [6.45, 7) is 8.01. The second-order valence-electron chi connectivity index (χ2n) is 7.62. The van der Waals surface area contributed by atoms with Gasteiger partial charge in [-0.25, -0.2) is 4.98 Å². The summed E-state index contributed by atoms with van der Waals surface area (Å²) in [5.74, 6) is 0.0458. The van der Waals surface area contributed by atoms with E-state index in [0.717, 1.165) is 45.2 Å². The summed E-state index contributed by atoms with van der Waals surface area (Å²) in [7, 11) is 0. The molecule has 3 N–H and O–H groups in total. The highest BCUT2D eigenvalue weighted by Crippen LogP contribution is 2.45. The Morgan fingerprint density at radius 3 is 3.07 bits per heavy atom. The Hall–Kier alpha value is -1.87. The van der Waals surface area contributed by atoms with Crippen LogP contribution in [0.25, 0.3) is 20.8 Å². The zero-order chi connectivity index (χ0) is 20.4. The molecule has 4 heterocycles. The summed E-state index contributed by atoms with van der Waals surface area (Å²) in [6, 6.07) is 2.84. The fourth-order valence-corrected chi connectivity index (χ4v) is 5.76. The SMILES string of the molecule is CC[C@H](C)NCCC(=O)Nc1sc2c(c1-c1nc3cnccc3s1)C[C@@H](C)NC2. The predicted octanol–water partition coefficient (Wildman–Crippen LogP) is 4.17. The van der Waals surface area contributed by atoms with Crippen molar-refractivity contribution in [1.29, 1.82) is 0 Å². The molecule has 6 nitrogen and oxygen atoms in total. The molecule has 1 amide bonds. The minimum absolute atomic E-state index is 0.0458. The second kappa shape index (κ2) is 8.87. The van der Waals surface area contributed by atoms with Gasteiger partial charge in [0.15, 0.2) is 0 Å². The lowest BCUT2D eigenvalue weighted by Gasteiger charge is -2.20. The van der Waals surface area contributed by atoms with Gasteiger partial charge in [-0.2, -0.15) is 0 Å². The Balaban J connectivity index is 1.62. The maximum atomic E-state index is 12.6. The molecule has 0 aromatic carbocycles. The second-order valence-corrected chi connectivity index (χ2v) is 9.75. The van der Waals surface area contributed by atoms with Crippen LogP contribution in [-0.4, -0.2) is 34.5 Å². The monoisotopic (exact) mass is 429 g/mol.